The van der Waals surface area contributed by atoms with Gasteiger partial charge in [0, 0.05) is 44.4 Å². The first-order valence-electron chi connectivity index (χ1n) is 14.6. The van der Waals surface area contributed by atoms with Crippen molar-refractivity contribution in [2.75, 3.05) is 9.62 Å². The number of para-hydroxylation sites is 3. The van der Waals surface area contributed by atoms with Crippen molar-refractivity contribution in [3.8, 4) is 28.3 Å². The van der Waals surface area contributed by atoms with Crippen LogP contribution in [0, 0.1) is 18.5 Å². The van der Waals surface area contributed by atoms with E-state index in [0.717, 1.165) is 45.2 Å². The molecule has 0 radical (unpaired) electrons. The normalized spacial score (nSPS) is 12.7. The Hall–Kier alpha value is -5.13. The Morgan fingerprint density at radius 2 is 1.51 bits per heavy atom. The Labute approximate surface area is 276 Å². The third-order valence-electron chi connectivity index (χ3n) is 8.39. The van der Waals surface area contributed by atoms with Gasteiger partial charge >= 0.3 is 6.98 Å². The van der Waals surface area contributed by atoms with Crippen LogP contribution in [-0.4, -0.2) is 16.5 Å². The van der Waals surface area contributed by atoms with Crippen LogP contribution < -0.4 is 24.4 Å². The zero-order valence-corrected chi connectivity index (χ0v) is 26.4. The van der Waals surface area contributed by atoms with Gasteiger partial charge in [-0.25, -0.2) is 4.98 Å². The van der Waals surface area contributed by atoms with Crippen LogP contribution in [0.3, 0.4) is 0 Å². The standard InChI is InChI=1S/C37H24BN5O.Pt/c1-40-25-41(34-18-8-7-17-33(34)40)27-13-9-14-28(23-27)44-29-20-21-31-30-15-5-6-16-32(30)38-42(26-11-3-2-4-12-26)35-19-10-22-39-37(35)43(38)36(31)24-29;/h2-22H,1H3;/q-2;. The molecule has 7 aromatic rings. The average Bonchev–Trinajstić information content (AvgIpc) is 3.61. The molecule has 6 nitrogen and oxygen atoms in total. The van der Waals surface area contributed by atoms with Crippen molar-refractivity contribution in [1.82, 2.24) is 9.55 Å². The van der Waals surface area contributed by atoms with E-state index in [9.17, 15) is 0 Å². The van der Waals surface area contributed by atoms with Gasteiger partial charge in [0.05, 0.1) is 23.8 Å². The number of aromatic nitrogens is 3. The SMILES string of the molecule is C[n+]1[c-]n(-c2[c-]c(Oc3[c-]c4c(cc3)-c3ccccc3B3N(c5ccccc5)c5cccnc5N34)ccc2)c2ccccc21.[Pt]. The molecule has 0 bridgehead atoms. The smallest absolute Gasteiger partial charge is 0.419 e. The predicted molar refractivity (Wildman–Crippen MR) is 173 cm³/mol. The number of aryl methyl sites for hydroxylation is 1. The first-order chi connectivity index (χ1) is 21.7. The maximum atomic E-state index is 6.46. The van der Waals surface area contributed by atoms with E-state index < -0.39 is 0 Å². The largest absolute Gasteiger partial charge is 0.510 e. The minimum Gasteiger partial charge on any atom is -0.510 e. The number of nitrogens with zero attached hydrogens (tertiary/aromatic N) is 5. The number of fused-ring (bicyclic) bond motifs is 9. The van der Waals surface area contributed by atoms with E-state index in [-0.39, 0.29) is 28.0 Å². The topological polar surface area (TPSA) is 37.4 Å². The fraction of sp³-hybridized carbons (Fsp3) is 0.0270. The molecule has 0 aliphatic carbocycles. The summed E-state index contributed by atoms with van der Waals surface area (Å²) in [4.78, 5) is 9.53. The number of rotatable bonds is 4. The molecule has 9 rings (SSSR count). The summed E-state index contributed by atoms with van der Waals surface area (Å²) in [5.41, 5.74) is 9.56. The van der Waals surface area contributed by atoms with E-state index in [2.05, 4.69) is 101 Å². The molecule has 8 heteroatoms. The minimum atomic E-state index is -0.120. The number of anilines is 4. The minimum absolute atomic E-state index is 0. The molecule has 5 aromatic carbocycles. The van der Waals surface area contributed by atoms with Gasteiger partial charge in [-0.1, -0.05) is 83.7 Å². The molecule has 2 aliphatic rings. The van der Waals surface area contributed by atoms with E-state index in [4.69, 9.17) is 9.72 Å². The van der Waals surface area contributed by atoms with Crippen molar-refractivity contribution >= 4 is 46.4 Å². The fourth-order valence-electron chi connectivity index (χ4n) is 6.52. The molecular formula is C37H24BN5OPt-2. The monoisotopic (exact) mass is 760 g/mol. The Morgan fingerprint density at radius 1 is 0.711 bits per heavy atom. The van der Waals surface area contributed by atoms with Crippen LogP contribution in [-0.2, 0) is 28.1 Å². The van der Waals surface area contributed by atoms with Crippen LogP contribution in [0.25, 0.3) is 27.8 Å². The van der Waals surface area contributed by atoms with Crippen molar-refractivity contribution in [2.45, 2.75) is 0 Å². The van der Waals surface area contributed by atoms with Crippen LogP contribution in [0.5, 0.6) is 11.5 Å². The molecule has 4 heterocycles. The van der Waals surface area contributed by atoms with Crippen molar-refractivity contribution in [2.24, 2.45) is 7.05 Å². The van der Waals surface area contributed by atoms with Crippen LogP contribution in [0.4, 0.5) is 22.9 Å². The van der Waals surface area contributed by atoms with Gasteiger partial charge in [0.2, 0.25) is 6.33 Å². The van der Waals surface area contributed by atoms with Crippen LogP contribution in [0.15, 0.2) is 128 Å². The molecule has 0 saturated heterocycles. The second kappa shape index (κ2) is 10.8. The summed E-state index contributed by atoms with van der Waals surface area (Å²) in [7, 11) is 2.00. The maximum absolute atomic E-state index is 6.46. The molecule has 0 atom stereocenters. The van der Waals surface area contributed by atoms with Gasteiger partial charge in [0.25, 0.3) is 0 Å². The van der Waals surface area contributed by atoms with E-state index in [1.54, 1.807) is 0 Å². The van der Waals surface area contributed by atoms with E-state index in [1.807, 2.05) is 70.9 Å². The summed E-state index contributed by atoms with van der Waals surface area (Å²) < 4.78 is 10.4. The molecule has 0 N–H and O–H groups in total. The van der Waals surface area contributed by atoms with Crippen LogP contribution >= 0.6 is 0 Å². The number of benzene rings is 5. The van der Waals surface area contributed by atoms with Crippen molar-refractivity contribution in [1.29, 1.82) is 0 Å². The van der Waals surface area contributed by atoms with Crippen LogP contribution in [0.1, 0.15) is 0 Å². The summed E-state index contributed by atoms with van der Waals surface area (Å²) >= 11 is 0. The van der Waals surface area contributed by atoms with Gasteiger partial charge in [0.15, 0.2) is 0 Å². The number of pyridine rings is 1. The van der Waals surface area contributed by atoms with Gasteiger partial charge in [0.1, 0.15) is 5.82 Å². The third-order valence-corrected chi connectivity index (χ3v) is 8.39. The third kappa shape index (κ3) is 4.30. The van der Waals surface area contributed by atoms with E-state index in [0.29, 0.717) is 11.5 Å². The fourth-order valence-corrected chi connectivity index (χ4v) is 6.52. The van der Waals surface area contributed by atoms with Gasteiger partial charge in [-0.05, 0) is 29.7 Å². The zero-order valence-electron chi connectivity index (χ0n) is 24.2. The molecule has 2 aliphatic heterocycles. The quantitative estimate of drug-likeness (QED) is 0.114. The predicted octanol–water partition coefficient (Wildman–Crippen LogP) is 6.71. The number of hydrogen-bond donors (Lipinski definition) is 0. The van der Waals surface area contributed by atoms with Crippen molar-refractivity contribution < 1.29 is 30.4 Å². The summed E-state index contributed by atoms with van der Waals surface area (Å²) in [6.45, 7) is -0.120. The molecule has 0 saturated carbocycles. The Bertz CT molecular complexity index is 2220. The zero-order chi connectivity index (χ0) is 29.2. The van der Waals surface area contributed by atoms with Gasteiger partial charge in [-0.3, -0.25) is 0 Å². The summed E-state index contributed by atoms with van der Waals surface area (Å²) in [6.07, 6.45) is 5.24. The molecule has 0 spiro atoms. The summed E-state index contributed by atoms with van der Waals surface area (Å²) in [5.74, 6) is 2.10. The number of ether oxygens (including phenoxy) is 1. The molecule has 0 unspecified atom stereocenters. The van der Waals surface area contributed by atoms with E-state index >= 15 is 0 Å². The Morgan fingerprint density at radius 3 is 2.42 bits per heavy atom. The summed E-state index contributed by atoms with van der Waals surface area (Å²) in [5, 5.41) is 0. The Kier molecular flexibility index (Phi) is 6.58. The number of hydrogen-bond acceptors (Lipinski definition) is 4. The molecule has 0 fully saturated rings. The van der Waals surface area contributed by atoms with Gasteiger partial charge in [-0.15, -0.1) is 29.8 Å². The molecule has 0 amide bonds. The molecular weight excluding hydrogens is 736 g/mol. The number of imidazole rings is 1. The molecule has 2 aromatic heterocycles. The second-order valence-corrected chi connectivity index (χ2v) is 11.0. The average molecular weight is 761 g/mol. The summed E-state index contributed by atoms with van der Waals surface area (Å²) in [6, 6.07) is 48.6. The second-order valence-electron chi connectivity index (χ2n) is 11.0. The van der Waals surface area contributed by atoms with Gasteiger partial charge in [-0.2, -0.15) is 18.2 Å². The van der Waals surface area contributed by atoms with Crippen LogP contribution in [0.2, 0.25) is 0 Å². The Balaban J connectivity index is 0.00000300. The first kappa shape index (κ1) is 27.4. The maximum Gasteiger partial charge on any atom is 0.419 e. The molecule has 45 heavy (non-hydrogen) atoms. The van der Waals surface area contributed by atoms with Crippen molar-refractivity contribution in [3.63, 3.8) is 0 Å². The molecule has 218 valence electrons. The van der Waals surface area contributed by atoms with E-state index in [1.165, 1.54) is 11.0 Å². The first-order valence-corrected chi connectivity index (χ1v) is 14.6. The van der Waals surface area contributed by atoms with Gasteiger partial charge < -0.3 is 23.5 Å². The van der Waals surface area contributed by atoms with Crippen molar-refractivity contribution in [3.05, 3.63) is 146 Å².